The van der Waals surface area contributed by atoms with Crippen molar-refractivity contribution in [2.45, 2.75) is 26.4 Å². The second-order valence-electron chi connectivity index (χ2n) is 2.49. The van der Waals surface area contributed by atoms with Crippen LogP contribution in [0.2, 0.25) is 0 Å². The number of hydrogen-bond donors (Lipinski definition) is 1. The van der Waals surface area contributed by atoms with Gasteiger partial charge in [0.1, 0.15) is 0 Å². The van der Waals surface area contributed by atoms with E-state index in [1.165, 1.54) is 5.57 Å². The van der Waals surface area contributed by atoms with Crippen LogP contribution in [0, 0.1) is 0 Å². The quantitative estimate of drug-likeness (QED) is 0.563. The molecule has 1 N–H and O–H groups in total. The number of allylic oxidation sites excluding steroid dienone is 3. The average Bonchev–Trinajstić information content (AvgIpc) is 2.13. The fourth-order valence-corrected chi connectivity index (χ4v) is 1.13. The minimum absolute atomic E-state index is 0.264. The normalized spacial score (nSPS) is 21.2. The van der Waals surface area contributed by atoms with Crippen LogP contribution in [0.3, 0.4) is 0 Å². The number of aliphatic hydroxyl groups is 1. The van der Waals surface area contributed by atoms with Crippen LogP contribution in [-0.2, 0) is 0 Å². The fraction of sp³-hybridized carbons (Fsp3) is 0.500. The van der Waals surface area contributed by atoms with Crippen molar-refractivity contribution in [2.24, 2.45) is 0 Å². The first-order valence-corrected chi connectivity index (χ1v) is 3.26. The van der Waals surface area contributed by atoms with Crippen LogP contribution in [0.1, 0.15) is 20.3 Å². The number of aliphatic hydroxyl groups excluding tert-OH is 1. The molecule has 0 spiro atoms. The van der Waals surface area contributed by atoms with Gasteiger partial charge in [-0.3, -0.25) is 0 Å². The lowest BCUT2D eigenvalue weighted by Gasteiger charge is -2.05. The number of hydrogen-bond acceptors (Lipinski definition) is 1. The summed E-state index contributed by atoms with van der Waals surface area (Å²) in [5, 5.41) is 9.12. The van der Waals surface area contributed by atoms with Crippen LogP contribution in [-0.4, -0.2) is 11.2 Å². The Morgan fingerprint density at radius 1 is 1.67 bits per heavy atom. The summed E-state index contributed by atoms with van der Waals surface area (Å²) in [6, 6.07) is 0. The van der Waals surface area contributed by atoms with Gasteiger partial charge in [-0.25, -0.2) is 0 Å². The number of rotatable bonds is 1. The van der Waals surface area contributed by atoms with Gasteiger partial charge in [0, 0.05) is 0 Å². The van der Waals surface area contributed by atoms with Crippen LogP contribution in [0.5, 0.6) is 0 Å². The van der Waals surface area contributed by atoms with E-state index in [4.69, 9.17) is 5.11 Å². The van der Waals surface area contributed by atoms with Gasteiger partial charge in [0.15, 0.2) is 0 Å². The van der Waals surface area contributed by atoms with Crippen LogP contribution in [0.15, 0.2) is 23.3 Å². The first kappa shape index (κ1) is 6.56. The van der Waals surface area contributed by atoms with Gasteiger partial charge in [0.25, 0.3) is 0 Å². The Kier molecular flexibility index (Phi) is 1.72. The van der Waals surface area contributed by atoms with Crippen molar-refractivity contribution >= 4 is 0 Å². The molecule has 1 rings (SSSR count). The summed E-state index contributed by atoms with van der Waals surface area (Å²) in [4.78, 5) is 0. The Bertz CT molecular complexity index is 163. The second-order valence-corrected chi connectivity index (χ2v) is 2.49. The highest BCUT2D eigenvalue weighted by Gasteiger charge is 2.09. The molecule has 1 heteroatoms. The van der Waals surface area contributed by atoms with Crippen molar-refractivity contribution in [1.82, 2.24) is 0 Å². The monoisotopic (exact) mass is 124 g/mol. The molecule has 1 nitrogen and oxygen atoms in total. The molecule has 9 heavy (non-hydrogen) atoms. The van der Waals surface area contributed by atoms with E-state index in [-0.39, 0.29) is 6.10 Å². The van der Waals surface area contributed by atoms with Gasteiger partial charge in [-0.2, -0.15) is 0 Å². The van der Waals surface area contributed by atoms with Gasteiger partial charge < -0.3 is 5.11 Å². The summed E-state index contributed by atoms with van der Waals surface area (Å²) in [7, 11) is 0. The summed E-state index contributed by atoms with van der Waals surface area (Å²) in [5.41, 5.74) is 2.39. The maximum Gasteiger partial charge on any atom is 0.0730 e. The second kappa shape index (κ2) is 2.36. The van der Waals surface area contributed by atoms with E-state index in [1.807, 2.05) is 13.8 Å². The smallest absolute Gasteiger partial charge is 0.0730 e. The fourth-order valence-electron chi connectivity index (χ4n) is 1.13. The zero-order valence-electron chi connectivity index (χ0n) is 5.89. The largest absolute Gasteiger partial charge is 0.389 e. The molecule has 1 aliphatic rings. The average molecular weight is 124 g/mol. The van der Waals surface area contributed by atoms with E-state index in [0.29, 0.717) is 0 Å². The molecule has 0 aromatic heterocycles. The van der Waals surface area contributed by atoms with Crippen LogP contribution in [0.25, 0.3) is 0 Å². The molecule has 0 saturated heterocycles. The van der Waals surface area contributed by atoms with Crippen molar-refractivity contribution < 1.29 is 5.11 Å². The molecule has 0 bridgehead atoms. The minimum Gasteiger partial charge on any atom is -0.389 e. The highest BCUT2D eigenvalue weighted by atomic mass is 16.3. The van der Waals surface area contributed by atoms with E-state index >= 15 is 0 Å². The molecule has 0 fully saturated rings. The SMILES string of the molecule is CC1=C(C(C)O)CC=C1. The molecule has 1 aliphatic carbocycles. The summed E-state index contributed by atoms with van der Waals surface area (Å²) in [5.74, 6) is 0. The van der Waals surface area contributed by atoms with Gasteiger partial charge >= 0.3 is 0 Å². The third-order valence-electron chi connectivity index (χ3n) is 1.72. The van der Waals surface area contributed by atoms with Gasteiger partial charge in [0.05, 0.1) is 6.10 Å². The van der Waals surface area contributed by atoms with Gasteiger partial charge in [0.2, 0.25) is 0 Å². The molecule has 1 unspecified atom stereocenters. The van der Waals surface area contributed by atoms with Crippen LogP contribution < -0.4 is 0 Å². The predicted octanol–water partition coefficient (Wildman–Crippen LogP) is 1.64. The first-order valence-electron chi connectivity index (χ1n) is 3.26. The van der Waals surface area contributed by atoms with Crippen molar-refractivity contribution in [3.8, 4) is 0 Å². The Labute approximate surface area is 55.7 Å². The Balaban J connectivity index is 2.73. The summed E-state index contributed by atoms with van der Waals surface area (Å²) >= 11 is 0. The van der Waals surface area contributed by atoms with Crippen molar-refractivity contribution in [3.05, 3.63) is 23.3 Å². The van der Waals surface area contributed by atoms with Gasteiger partial charge in [-0.05, 0) is 31.4 Å². The van der Waals surface area contributed by atoms with E-state index in [1.54, 1.807) is 0 Å². The maximum atomic E-state index is 9.12. The molecular formula is C8H12O. The third kappa shape index (κ3) is 1.22. The standard InChI is InChI=1S/C8H12O/c1-6-4-3-5-8(6)7(2)9/h3-4,7,9H,5H2,1-2H3. The summed E-state index contributed by atoms with van der Waals surface area (Å²) in [6.07, 6.45) is 4.81. The zero-order chi connectivity index (χ0) is 6.85. The Morgan fingerprint density at radius 2 is 2.33 bits per heavy atom. The first-order chi connectivity index (χ1) is 4.22. The van der Waals surface area contributed by atoms with E-state index in [2.05, 4.69) is 12.2 Å². The van der Waals surface area contributed by atoms with Crippen molar-refractivity contribution in [2.75, 3.05) is 0 Å². The molecule has 0 aliphatic heterocycles. The molecule has 0 radical (unpaired) electrons. The van der Waals surface area contributed by atoms with E-state index in [0.717, 1.165) is 12.0 Å². The lowest BCUT2D eigenvalue weighted by Crippen LogP contribution is -2.03. The highest BCUT2D eigenvalue weighted by Crippen LogP contribution is 2.20. The van der Waals surface area contributed by atoms with E-state index < -0.39 is 0 Å². The molecule has 0 saturated carbocycles. The molecule has 0 aromatic rings. The molecule has 0 amide bonds. The van der Waals surface area contributed by atoms with Gasteiger partial charge in [-0.1, -0.05) is 12.2 Å². The molecular weight excluding hydrogens is 112 g/mol. The Morgan fingerprint density at radius 3 is 2.56 bits per heavy atom. The minimum atomic E-state index is -0.264. The topological polar surface area (TPSA) is 20.2 Å². The van der Waals surface area contributed by atoms with Crippen molar-refractivity contribution in [1.29, 1.82) is 0 Å². The highest BCUT2D eigenvalue weighted by molar-refractivity contribution is 5.33. The van der Waals surface area contributed by atoms with Crippen LogP contribution >= 0.6 is 0 Å². The molecule has 50 valence electrons. The van der Waals surface area contributed by atoms with Crippen LogP contribution in [0.4, 0.5) is 0 Å². The predicted molar refractivity (Wildman–Crippen MR) is 38.1 cm³/mol. The zero-order valence-corrected chi connectivity index (χ0v) is 5.89. The molecule has 1 atom stereocenters. The van der Waals surface area contributed by atoms with Crippen molar-refractivity contribution in [3.63, 3.8) is 0 Å². The third-order valence-corrected chi connectivity index (χ3v) is 1.72. The van der Waals surface area contributed by atoms with Gasteiger partial charge in [-0.15, -0.1) is 0 Å². The molecule has 0 aromatic carbocycles. The lowest BCUT2D eigenvalue weighted by molar-refractivity contribution is 0.229. The van der Waals surface area contributed by atoms with E-state index in [9.17, 15) is 0 Å². The summed E-state index contributed by atoms with van der Waals surface area (Å²) < 4.78 is 0. The Hall–Kier alpha value is -0.560. The molecule has 0 heterocycles. The lowest BCUT2D eigenvalue weighted by atomic mass is 10.1. The maximum absolute atomic E-state index is 9.12. The summed E-state index contributed by atoms with van der Waals surface area (Å²) in [6.45, 7) is 3.84.